The van der Waals surface area contributed by atoms with Crippen molar-refractivity contribution in [3.05, 3.63) is 24.2 Å². The van der Waals surface area contributed by atoms with E-state index in [-0.39, 0.29) is 5.54 Å². The molecule has 2 aromatic heterocycles. The maximum atomic E-state index is 5.78. The maximum absolute atomic E-state index is 5.78. The summed E-state index contributed by atoms with van der Waals surface area (Å²) in [7, 11) is 0. The number of fused-ring (bicyclic) bond motifs is 1. The first-order valence-electron chi connectivity index (χ1n) is 6.81. The predicted molar refractivity (Wildman–Crippen MR) is 74.0 cm³/mol. The number of hydrogen-bond acceptors (Lipinski definition) is 5. The number of aromatic nitrogens is 2. The van der Waals surface area contributed by atoms with Crippen LogP contribution in [-0.4, -0.2) is 46.6 Å². The summed E-state index contributed by atoms with van der Waals surface area (Å²) < 4.78 is 5.78. The molecule has 5 heteroatoms. The Balaban J connectivity index is 1.78. The van der Waals surface area contributed by atoms with Crippen molar-refractivity contribution < 1.29 is 4.42 Å². The summed E-state index contributed by atoms with van der Waals surface area (Å²) >= 11 is 0. The van der Waals surface area contributed by atoms with Crippen LogP contribution < -0.4 is 5.32 Å². The second-order valence-electron chi connectivity index (χ2n) is 5.66. The first kappa shape index (κ1) is 12.6. The van der Waals surface area contributed by atoms with E-state index in [1.54, 1.807) is 6.20 Å². The molecule has 1 N–H and O–H groups in total. The van der Waals surface area contributed by atoms with Gasteiger partial charge in [-0.3, -0.25) is 4.90 Å². The largest absolute Gasteiger partial charge is 0.439 e. The van der Waals surface area contributed by atoms with E-state index in [9.17, 15) is 0 Å². The lowest BCUT2D eigenvalue weighted by atomic mass is 9.97. The molecule has 0 aliphatic carbocycles. The third-order valence-corrected chi connectivity index (χ3v) is 3.77. The average molecular weight is 260 g/mol. The molecule has 1 fully saturated rings. The molecule has 2 aromatic rings. The minimum absolute atomic E-state index is 0.0585. The number of nitrogens with one attached hydrogen (secondary N) is 1. The van der Waals surface area contributed by atoms with Crippen molar-refractivity contribution in [2.75, 3.05) is 26.2 Å². The number of pyridine rings is 1. The van der Waals surface area contributed by atoms with E-state index in [1.807, 2.05) is 12.1 Å². The Morgan fingerprint density at radius 3 is 2.89 bits per heavy atom. The van der Waals surface area contributed by atoms with Gasteiger partial charge < -0.3 is 9.73 Å². The Bertz CT molecular complexity index is 524. The fraction of sp³-hybridized carbons (Fsp3) is 0.571. The van der Waals surface area contributed by atoms with Crippen LogP contribution in [0.4, 0.5) is 0 Å². The first-order valence-corrected chi connectivity index (χ1v) is 6.81. The lowest BCUT2D eigenvalue weighted by molar-refractivity contribution is 0.0979. The highest BCUT2D eigenvalue weighted by molar-refractivity contribution is 5.66. The third kappa shape index (κ3) is 2.62. The normalized spacial score (nSPS) is 18.0. The topological polar surface area (TPSA) is 54.2 Å². The molecule has 0 radical (unpaired) electrons. The second kappa shape index (κ2) is 4.90. The van der Waals surface area contributed by atoms with Crippen LogP contribution in [0.5, 0.6) is 0 Å². The Morgan fingerprint density at radius 1 is 1.37 bits per heavy atom. The van der Waals surface area contributed by atoms with Crippen LogP contribution in [-0.2, 0) is 6.42 Å². The van der Waals surface area contributed by atoms with E-state index >= 15 is 0 Å². The van der Waals surface area contributed by atoms with Crippen LogP contribution in [0, 0.1) is 0 Å². The number of nitrogens with zero attached hydrogens (tertiary/aromatic N) is 3. The summed E-state index contributed by atoms with van der Waals surface area (Å²) in [6.45, 7) is 8.76. The van der Waals surface area contributed by atoms with E-state index in [0.29, 0.717) is 5.65 Å². The lowest BCUT2D eigenvalue weighted by Gasteiger charge is -2.40. The molecule has 102 valence electrons. The van der Waals surface area contributed by atoms with Gasteiger partial charge in [0.1, 0.15) is 0 Å². The van der Waals surface area contributed by atoms with Crippen LogP contribution in [0.25, 0.3) is 11.2 Å². The van der Waals surface area contributed by atoms with E-state index < -0.39 is 0 Å². The molecular formula is C14H20N4O. The van der Waals surface area contributed by atoms with Gasteiger partial charge in [-0.25, -0.2) is 4.98 Å². The van der Waals surface area contributed by atoms with Crippen molar-refractivity contribution >= 4 is 11.2 Å². The first-order chi connectivity index (χ1) is 9.15. The van der Waals surface area contributed by atoms with Crippen molar-refractivity contribution in [3.8, 4) is 0 Å². The number of piperazine rings is 1. The van der Waals surface area contributed by atoms with Gasteiger partial charge in [-0.1, -0.05) is 0 Å². The van der Waals surface area contributed by atoms with Gasteiger partial charge in [0.05, 0.1) is 0 Å². The van der Waals surface area contributed by atoms with Crippen molar-refractivity contribution in [2.45, 2.75) is 25.8 Å². The molecule has 0 spiro atoms. The molecule has 0 atom stereocenters. The fourth-order valence-electron chi connectivity index (χ4n) is 2.64. The Hall–Kier alpha value is -1.46. The van der Waals surface area contributed by atoms with Crippen LogP contribution in [0.3, 0.4) is 0 Å². The summed E-state index contributed by atoms with van der Waals surface area (Å²) in [5.74, 6) is 0.775. The molecular weight excluding hydrogens is 240 g/mol. The molecule has 0 amide bonds. The zero-order valence-electron chi connectivity index (χ0n) is 11.5. The molecule has 0 saturated carbocycles. The fourth-order valence-corrected chi connectivity index (χ4v) is 2.64. The SMILES string of the molecule is CC(C)(Cc1nc2ncccc2o1)N1CCNCC1. The smallest absolute Gasteiger partial charge is 0.198 e. The third-order valence-electron chi connectivity index (χ3n) is 3.77. The molecule has 0 bridgehead atoms. The van der Waals surface area contributed by atoms with Crippen molar-refractivity contribution in [3.63, 3.8) is 0 Å². The number of rotatable bonds is 3. The Kier molecular flexibility index (Phi) is 3.24. The van der Waals surface area contributed by atoms with Crippen LogP contribution in [0.1, 0.15) is 19.7 Å². The minimum Gasteiger partial charge on any atom is -0.439 e. The summed E-state index contributed by atoms with van der Waals surface area (Å²) in [5.41, 5.74) is 1.53. The van der Waals surface area contributed by atoms with E-state index in [1.165, 1.54) is 0 Å². The summed E-state index contributed by atoms with van der Waals surface area (Å²) in [6.07, 6.45) is 2.56. The molecule has 19 heavy (non-hydrogen) atoms. The van der Waals surface area contributed by atoms with E-state index in [0.717, 1.165) is 44.1 Å². The number of oxazole rings is 1. The quantitative estimate of drug-likeness (QED) is 0.905. The van der Waals surface area contributed by atoms with Crippen LogP contribution in [0.15, 0.2) is 22.7 Å². The van der Waals surface area contributed by atoms with Gasteiger partial charge in [-0.2, -0.15) is 4.98 Å². The second-order valence-corrected chi connectivity index (χ2v) is 5.66. The van der Waals surface area contributed by atoms with Crippen molar-refractivity contribution in [2.24, 2.45) is 0 Å². The summed E-state index contributed by atoms with van der Waals surface area (Å²) in [5, 5.41) is 3.38. The summed E-state index contributed by atoms with van der Waals surface area (Å²) in [4.78, 5) is 11.2. The van der Waals surface area contributed by atoms with Gasteiger partial charge in [0.25, 0.3) is 0 Å². The zero-order valence-corrected chi connectivity index (χ0v) is 11.5. The molecule has 1 aliphatic heterocycles. The van der Waals surface area contributed by atoms with Gasteiger partial charge >= 0.3 is 0 Å². The minimum atomic E-state index is 0.0585. The Labute approximate surface area is 113 Å². The van der Waals surface area contributed by atoms with Crippen LogP contribution >= 0.6 is 0 Å². The molecule has 3 rings (SSSR count). The van der Waals surface area contributed by atoms with Crippen molar-refractivity contribution in [1.29, 1.82) is 0 Å². The van der Waals surface area contributed by atoms with E-state index in [4.69, 9.17) is 4.42 Å². The van der Waals surface area contributed by atoms with Gasteiger partial charge in [-0.05, 0) is 26.0 Å². The summed E-state index contributed by atoms with van der Waals surface area (Å²) in [6, 6.07) is 3.79. The average Bonchev–Trinajstić information content (AvgIpc) is 2.81. The van der Waals surface area contributed by atoms with Gasteiger partial charge in [0, 0.05) is 44.3 Å². The molecule has 1 aliphatic rings. The highest BCUT2D eigenvalue weighted by Gasteiger charge is 2.30. The monoisotopic (exact) mass is 260 g/mol. The Morgan fingerprint density at radius 2 is 2.16 bits per heavy atom. The highest BCUT2D eigenvalue weighted by atomic mass is 16.3. The predicted octanol–water partition coefficient (Wildman–Crippen LogP) is 1.45. The van der Waals surface area contributed by atoms with Gasteiger partial charge in [-0.15, -0.1) is 0 Å². The van der Waals surface area contributed by atoms with Crippen LogP contribution in [0.2, 0.25) is 0 Å². The number of hydrogen-bond donors (Lipinski definition) is 1. The van der Waals surface area contributed by atoms with Gasteiger partial charge in [0.15, 0.2) is 17.1 Å². The lowest BCUT2D eigenvalue weighted by Crippen LogP contribution is -2.54. The standard InChI is InChI=1S/C14H20N4O/c1-14(2,18-8-6-15-7-9-18)10-12-17-13-11(19-12)4-3-5-16-13/h3-5,15H,6-10H2,1-2H3. The maximum Gasteiger partial charge on any atom is 0.198 e. The van der Waals surface area contributed by atoms with Gasteiger partial charge in [0.2, 0.25) is 0 Å². The molecule has 0 aromatic carbocycles. The molecule has 0 unspecified atom stereocenters. The zero-order chi connectivity index (χ0) is 13.3. The highest BCUT2D eigenvalue weighted by Crippen LogP contribution is 2.22. The molecule has 3 heterocycles. The molecule has 5 nitrogen and oxygen atoms in total. The molecule has 1 saturated heterocycles. The van der Waals surface area contributed by atoms with Crippen molar-refractivity contribution in [1.82, 2.24) is 20.2 Å². The van der Waals surface area contributed by atoms with E-state index in [2.05, 4.69) is 34.0 Å².